The van der Waals surface area contributed by atoms with Crippen LogP contribution in [0.1, 0.15) is 10.5 Å². The lowest BCUT2D eigenvalue weighted by atomic mass is 10.3. The quantitative estimate of drug-likeness (QED) is 0.595. The standard InChI is InChI=1S/C16H10N4O2S2/c21-15(13-14(22-9-18-13)12-5-3-7-23-12)20-16-19-11(8-24-16)10-4-1-2-6-17-10/h1-9H,(H,19,20,21). The molecule has 4 heterocycles. The number of nitrogens with zero attached hydrogens (tertiary/aromatic N) is 3. The lowest BCUT2D eigenvalue weighted by Gasteiger charge is -2.00. The Balaban J connectivity index is 1.56. The van der Waals surface area contributed by atoms with Crippen LogP contribution in [0.15, 0.2) is 58.1 Å². The zero-order valence-corrected chi connectivity index (χ0v) is 13.8. The first kappa shape index (κ1) is 14.7. The summed E-state index contributed by atoms with van der Waals surface area (Å²) in [5, 5.41) is 7.01. The van der Waals surface area contributed by atoms with Gasteiger partial charge in [-0.3, -0.25) is 15.1 Å². The second-order valence-corrected chi connectivity index (χ2v) is 6.52. The van der Waals surface area contributed by atoms with Gasteiger partial charge in [0.15, 0.2) is 23.0 Å². The van der Waals surface area contributed by atoms with Crippen molar-refractivity contribution >= 4 is 33.7 Å². The van der Waals surface area contributed by atoms with Crippen LogP contribution in [0.3, 0.4) is 0 Å². The van der Waals surface area contributed by atoms with E-state index in [0.29, 0.717) is 10.9 Å². The van der Waals surface area contributed by atoms with Crippen molar-refractivity contribution < 1.29 is 9.21 Å². The number of carbonyl (C=O) groups is 1. The molecule has 0 saturated carbocycles. The number of thiophene rings is 1. The van der Waals surface area contributed by atoms with E-state index in [1.54, 1.807) is 6.20 Å². The highest BCUT2D eigenvalue weighted by Gasteiger charge is 2.20. The van der Waals surface area contributed by atoms with Crippen molar-refractivity contribution in [1.82, 2.24) is 15.0 Å². The molecular weight excluding hydrogens is 344 g/mol. The molecule has 6 nitrogen and oxygen atoms in total. The number of thiazole rings is 1. The van der Waals surface area contributed by atoms with Crippen molar-refractivity contribution in [3.05, 3.63) is 59.4 Å². The summed E-state index contributed by atoms with van der Waals surface area (Å²) in [6, 6.07) is 9.37. The van der Waals surface area contributed by atoms with E-state index in [4.69, 9.17) is 4.42 Å². The lowest BCUT2D eigenvalue weighted by molar-refractivity contribution is 0.102. The van der Waals surface area contributed by atoms with Gasteiger partial charge in [-0.2, -0.15) is 0 Å². The van der Waals surface area contributed by atoms with Gasteiger partial charge in [-0.25, -0.2) is 9.97 Å². The van der Waals surface area contributed by atoms with Gasteiger partial charge in [0.2, 0.25) is 0 Å². The van der Waals surface area contributed by atoms with Crippen LogP contribution < -0.4 is 5.32 Å². The van der Waals surface area contributed by atoms with E-state index in [2.05, 4.69) is 20.3 Å². The van der Waals surface area contributed by atoms with Crippen molar-refractivity contribution in [3.8, 4) is 22.0 Å². The average molecular weight is 354 g/mol. The van der Waals surface area contributed by atoms with Crippen LogP contribution in [0, 0.1) is 0 Å². The third kappa shape index (κ3) is 2.84. The number of nitrogens with one attached hydrogen (secondary N) is 1. The fraction of sp³-hybridized carbons (Fsp3) is 0. The summed E-state index contributed by atoms with van der Waals surface area (Å²) >= 11 is 2.82. The monoisotopic (exact) mass is 354 g/mol. The predicted octanol–water partition coefficient (Wildman–Crippen LogP) is 4.17. The van der Waals surface area contributed by atoms with Crippen LogP contribution in [0.2, 0.25) is 0 Å². The number of hydrogen-bond acceptors (Lipinski definition) is 7. The summed E-state index contributed by atoms with van der Waals surface area (Å²) in [6.07, 6.45) is 2.97. The summed E-state index contributed by atoms with van der Waals surface area (Å²) < 4.78 is 5.35. The smallest absolute Gasteiger partial charge is 0.280 e. The Bertz CT molecular complexity index is 961. The molecule has 0 radical (unpaired) electrons. The molecule has 8 heteroatoms. The van der Waals surface area contributed by atoms with Gasteiger partial charge < -0.3 is 4.42 Å². The third-order valence-electron chi connectivity index (χ3n) is 3.18. The van der Waals surface area contributed by atoms with E-state index in [1.165, 1.54) is 29.1 Å². The summed E-state index contributed by atoms with van der Waals surface area (Å²) in [4.78, 5) is 26.0. The van der Waals surface area contributed by atoms with Crippen LogP contribution in [0.25, 0.3) is 22.0 Å². The fourth-order valence-electron chi connectivity index (χ4n) is 2.11. The predicted molar refractivity (Wildman–Crippen MR) is 93.1 cm³/mol. The van der Waals surface area contributed by atoms with Gasteiger partial charge in [-0.05, 0) is 23.6 Å². The number of pyridine rings is 1. The summed E-state index contributed by atoms with van der Waals surface area (Å²) in [7, 11) is 0. The molecule has 118 valence electrons. The zero-order chi connectivity index (χ0) is 16.4. The van der Waals surface area contributed by atoms with Gasteiger partial charge in [0.05, 0.1) is 10.6 Å². The van der Waals surface area contributed by atoms with Crippen molar-refractivity contribution in [2.24, 2.45) is 0 Å². The minimum Gasteiger partial charge on any atom is -0.442 e. The Labute approximate surface area is 144 Å². The maximum absolute atomic E-state index is 12.5. The minimum absolute atomic E-state index is 0.243. The molecule has 0 fully saturated rings. The van der Waals surface area contributed by atoms with Crippen molar-refractivity contribution in [2.75, 3.05) is 5.32 Å². The van der Waals surface area contributed by atoms with Gasteiger partial charge in [-0.1, -0.05) is 12.1 Å². The minimum atomic E-state index is -0.353. The first-order valence-corrected chi connectivity index (χ1v) is 8.73. The van der Waals surface area contributed by atoms with E-state index >= 15 is 0 Å². The molecule has 0 bridgehead atoms. The lowest BCUT2D eigenvalue weighted by Crippen LogP contribution is -2.13. The topological polar surface area (TPSA) is 80.9 Å². The maximum Gasteiger partial charge on any atom is 0.280 e. The molecule has 1 amide bonds. The highest BCUT2D eigenvalue weighted by molar-refractivity contribution is 7.14. The molecular formula is C16H10N4O2S2. The van der Waals surface area contributed by atoms with Gasteiger partial charge in [0.25, 0.3) is 5.91 Å². The SMILES string of the molecule is O=C(Nc1nc(-c2ccccn2)cs1)c1ncoc1-c1cccs1. The van der Waals surface area contributed by atoms with E-state index in [1.807, 2.05) is 41.1 Å². The van der Waals surface area contributed by atoms with E-state index < -0.39 is 0 Å². The molecule has 0 aliphatic heterocycles. The van der Waals surface area contributed by atoms with Gasteiger partial charge >= 0.3 is 0 Å². The zero-order valence-electron chi connectivity index (χ0n) is 12.2. The molecule has 0 spiro atoms. The van der Waals surface area contributed by atoms with E-state index in [0.717, 1.165) is 16.3 Å². The van der Waals surface area contributed by atoms with E-state index in [-0.39, 0.29) is 11.6 Å². The Kier molecular flexibility index (Phi) is 3.89. The van der Waals surface area contributed by atoms with Crippen LogP contribution in [-0.2, 0) is 0 Å². The van der Waals surface area contributed by atoms with Gasteiger partial charge in [0, 0.05) is 11.6 Å². The average Bonchev–Trinajstić information content (AvgIpc) is 3.36. The fourth-order valence-corrected chi connectivity index (χ4v) is 3.52. The normalized spacial score (nSPS) is 10.7. The Morgan fingerprint density at radius 1 is 1.08 bits per heavy atom. The number of rotatable bonds is 4. The highest BCUT2D eigenvalue weighted by Crippen LogP contribution is 2.29. The first-order chi connectivity index (χ1) is 11.8. The van der Waals surface area contributed by atoms with Crippen LogP contribution in [0.4, 0.5) is 5.13 Å². The first-order valence-electron chi connectivity index (χ1n) is 6.97. The Morgan fingerprint density at radius 3 is 2.83 bits per heavy atom. The van der Waals surface area contributed by atoms with Gasteiger partial charge in [0.1, 0.15) is 5.69 Å². The molecule has 1 N–H and O–H groups in total. The van der Waals surface area contributed by atoms with Gasteiger partial charge in [-0.15, -0.1) is 22.7 Å². The second-order valence-electron chi connectivity index (χ2n) is 4.71. The van der Waals surface area contributed by atoms with E-state index in [9.17, 15) is 4.79 Å². The molecule has 4 aromatic rings. The summed E-state index contributed by atoms with van der Waals surface area (Å²) in [5.74, 6) is 0.109. The molecule has 24 heavy (non-hydrogen) atoms. The summed E-state index contributed by atoms with van der Waals surface area (Å²) in [6.45, 7) is 0. The third-order valence-corrected chi connectivity index (χ3v) is 4.81. The largest absolute Gasteiger partial charge is 0.442 e. The van der Waals surface area contributed by atoms with Crippen molar-refractivity contribution in [3.63, 3.8) is 0 Å². The molecule has 4 aromatic heterocycles. The number of anilines is 1. The number of aromatic nitrogens is 3. The molecule has 0 saturated heterocycles. The second kappa shape index (κ2) is 6.34. The molecule has 0 aromatic carbocycles. The van der Waals surface area contributed by atoms with Crippen LogP contribution in [-0.4, -0.2) is 20.9 Å². The number of carbonyl (C=O) groups excluding carboxylic acids is 1. The molecule has 0 aliphatic carbocycles. The molecule has 4 rings (SSSR count). The molecule has 0 aliphatic rings. The van der Waals surface area contributed by atoms with Crippen LogP contribution >= 0.6 is 22.7 Å². The Morgan fingerprint density at radius 2 is 2.04 bits per heavy atom. The molecule has 0 unspecified atom stereocenters. The summed E-state index contributed by atoms with van der Waals surface area (Å²) in [5.41, 5.74) is 1.72. The van der Waals surface area contributed by atoms with Crippen LogP contribution in [0.5, 0.6) is 0 Å². The maximum atomic E-state index is 12.5. The number of oxazole rings is 1. The van der Waals surface area contributed by atoms with Crippen molar-refractivity contribution in [1.29, 1.82) is 0 Å². The number of hydrogen-bond donors (Lipinski definition) is 1. The number of amides is 1. The molecule has 0 atom stereocenters. The Hall–Kier alpha value is -2.84. The van der Waals surface area contributed by atoms with Crippen molar-refractivity contribution in [2.45, 2.75) is 0 Å². The highest BCUT2D eigenvalue weighted by atomic mass is 32.1.